The second-order valence-corrected chi connectivity index (χ2v) is 3.60. The molecule has 0 unspecified atom stereocenters. The minimum absolute atomic E-state index is 0.405. The molecule has 1 N–H and O–H groups in total. The maximum absolute atomic E-state index is 11.1. The van der Waals surface area contributed by atoms with Crippen molar-refractivity contribution in [1.82, 2.24) is 9.78 Å². The molecule has 0 amide bonds. The molecule has 0 aromatic carbocycles. The summed E-state index contributed by atoms with van der Waals surface area (Å²) in [7, 11) is 0. The highest BCUT2D eigenvalue weighted by molar-refractivity contribution is 5.87. The summed E-state index contributed by atoms with van der Waals surface area (Å²) in [6.07, 6.45) is 4.02. The predicted octanol–water partition coefficient (Wildman–Crippen LogP) is 1.48. The van der Waals surface area contributed by atoms with Crippen molar-refractivity contribution < 1.29 is 9.90 Å². The number of carboxylic acid groups (broad SMARTS) is 1. The molecule has 1 aliphatic rings. The third-order valence-electron chi connectivity index (χ3n) is 2.73. The molecule has 1 heterocycles. The van der Waals surface area contributed by atoms with E-state index in [0.29, 0.717) is 12.2 Å². The number of rotatable bonds is 2. The van der Waals surface area contributed by atoms with Crippen molar-refractivity contribution in [1.29, 1.82) is 0 Å². The molecule has 0 radical (unpaired) electrons. The zero-order valence-electron chi connectivity index (χ0n) is 8.29. The van der Waals surface area contributed by atoms with Gasteiger partial charge in [-0.15, -0.1) is 0 Å². The quantitative estimate of drug-likeness (QED) is 0.775. The summed E-state index contributed by atoms with van der Waals surface area (Å²) < 4.78 is 1.61. The van der Waals surface area contributed by atoms with E-state index in [1.165, 1.54) is 0 Å². The van der Waals surface area contributed by atoms with Gasteiger partial charge in [-0.05, 0) is 32.6 Å². The first-order valence-corrected chi connectivity index (χ1v) is 5.06. The average molecular weight is 194 g/mol. The summed E-state index contributed by atoms with van der Waals surface area (Å²) in [5, 5.41) is 13.4. The van der Waals surface area contributed by atoms with Crippen LogP contribution in [0, 0.1) is 0 Å². The first-order valence-electron chi connectivity index (χ1n) is 5.06. The molecule has 0 saturated heterocycles. The van der Waals surface area contributed by atoms with Crippen molar-refractivity contribution in [2.24, 2.45) is 0 Å². The predicted molar refractivity (Wildman–Crippen MR) is 51.5 cm³/mol. The number of aromatic carboxylic acids is 1. The minimum Gasteiger partial charge on any atom is -0.477 e. The Balaban J connectivity index is 2.53. The molecule has 0 spiro atoms. The molecule has 0 atom stereocenters. The third kappa shape index (κ3) is 1.31. The molecule has 0 bridgehead atoms. The minimum atomic E-state index is -0.845. The van der Waals surface area contributed by atoms with Crippen LogP contribution in [0.2, 0.25) is 0 Å². The Bertz CT molecular complexity index is 368. The summed E-state index contributed by atoms with van der Waals surface area (Å²) in [6.45, 7) is 2.56. The standard InChI is InChI=1S/C10H14N2O2/c1-2-12-9(10(13)14)7-5-3-4-6-8(7)11-12/h2-6H2,1H3,(H,13,14). The smallest absolute Gasteiger partial charge is 0.354 e. The van der Waals surface area contributed by atoms with E-state index in [-0.39, 0.29) is 0 Å². The summed E-state index contributed by atoms with van der Waals surface area (Å²) in [5.74, 6) is -0.845. The van der Waals surface area contributed by atoms with Gasteiger partial charge in [0.1, 0.15) is 5.69 Å². The zero-order valence-corrected chi connectivity index (χ0v) is 8.29. The number of aromatic nitrogens is 2. The van der Waals surface area contributed by atoms with Gasteiger partial charge in [-0.2, -0.15) is 5.10 Å². The number of carboxylic acids is 1. The van der Waals surface area contributed by atoms with Crippen molar-refractivity contribution >= 4 is 5.97 Å². The van der Waals surface area contributed by atoms with Gasteiger partial charge in [0.05, 0.1) is 5.69 Å². The lowest BCUT2D eigenvalue weighted by Gasteiger charge is -2.08. The van der Waals surface area contributed by atoms with Crippen LogP contribution in [0.1, 0.15) is 41.5 Å². The highest BCUT2D eigenvalue weighted by atomic mass is 16.4. The molecule has 14 heavy (non-hydrogen) atoms. The summed E-state index contributed by atoms with van der Waals surface area (Å²) >= 11 is 0. The molecule has 0 fully saturated rings. The maximum atomic E-state index is 11.1. The van der Waals surface area contributed by atoms with E-state index < -0.39 is 5.97 Å². The Labute approximate surface area is 82.5 Å². The van der Waals surface area contributed by atoms with E-state index in [1.54, 1.807) is 4.68 Å². The van der Waals surface area contributed by atoms with Crippen LogP contribution in [0.3, 0.4) is 0 Å². The Morgan fingerprint density at radius 2 is 2.21 bits per heavy atom. The highest BCUT2D eigenvalue weighted by Crippen LogP contribution is 2.23. The molecule has 4 nitrogen and oxygen atoms in total. The number of fused-ring (bicyclic) bond motifs is 1. The molecule has 1 aliphatic carbocycles. The molecular formula is C10H14N2O2. The monoisotopic (exact) mass is 194 g/mol. The molecule has 1 aromatic rings. The van der Waals surface area contributed by atoms with Crippen molar-refractivity contribution in [2.75, 3.05) is 0 Å². The normalized spacial score (nSPS) is 15.2. The Morgan fingerprint density at radius 1 is 1.50 bits per heavy atom. The van der Waals surface area contributed by atoms with E-state index in [4.69, 9.17) is 5.11 Å². The summed E-state index contributed by atoms with van der Waals surface area (Å²) in [5.41, 5.74) is 2.36. The van der Waals surface area contributed by atoms with Gasteiger partial charge in [0, 0.05) is 12.1 Å². The molecule has 1 aromatic heterocycles. The van der Waals surface area contributed by atoms with Gasteiger partial charge in [0.15, 0.2) is 0 Å². The van der Waals surface area contributed by atoms with E-state index in [2.05, 4.69) is 5.10 Å². The van der Waals surface area contributed by atoms with Gasteiger partial charge < -0.3 is 5.11 Å². The van der Waals surface area contributed by atoms with Gasteiger partial charge in [0.25, 0.3) is 0 Å². The van der Waals surface area contributed by atoms with E-state index >= 15 is 0 Å². The number of hydrogen-bond acceptors (Lipinski definition) is 2. The fourth-order valence-electron chi connectivity index (χ4n) is 2.07. The molecule has 0 aliphatic heterocycles. The highest BCUT2D eigenvalue weighted by Gasteiger charge is 2.23. The van der Waals surface area contributed by atoms with Crippen LogP contribution in [0.4, 0.5) is 0 Å². The van der Waals surface area contributed by atoms with Crippen LogP contribution in [0.25, 0.3) is 0 Å². The lowest BCUT2D eigenvalue weighted by atomic mass is 9.96. The fraction of sp³-hybridized carbons (Fsp3) is 0.600. The van der Waals surface area contributed by atoms with Crippen LogP contribution in [0.5, 0.6) is 0 Å². The summed E-state index contributed by atoms with van der Waals surface area (Å²) in [4.78, 5) is 11.1. The first kappa shape index (κ1) is 9.24. The lowest BCUT2D eigenvalue weighted by molar-refractivity contribution is 0.0682. The average Bonchev–Trinajstić information content (AvgIpc) is 2.55. The van der Waals surface area contributed by atoms with E-state index in [1.807, 2.05) is 6.92 Å². The van der Waals surface area contributed by atoms with Gasteiger partial charge in [-0.25, -0.2) is 4.79 Å². The Morgan fingerprint density at radius 3 is 2.86 bits per heavy atom. The van der Waals surface area contributed by atoms with Crippen molar-refractivity contribution in [3.8, 4) is 0 Å². The molecule has 2 rings (SSSR count). The van der Waals surface area contributed by atoms with Gasteiger partial charge in [-0.3, -0.25) is 4.68 Å². The Kier molecular flexibility index (Phi) is 2.27. The zero-order chi connectivity index (χ0) is 10.1. The second-order valence-electron chi connectivity index (χ2n) is 3.60. The van der Waals surface area contributed by atoms with Crippen LogP contribution in [-0.4, -0.2) is 20.9 Å². The lowest BCUT2D eigenvalue weighted by Crippen LogP contribution is -2.11. The largest absolute Gasteiger partial charge is 0.477 e. The van der Waals surface area contributed by atoms with Crippen molar-refractivity contribution in [3.63, 3.8) is 0 Å². The number of aryl methyl sites for hydroxylation is 2. The molecule has 76 valence electrons. The third-order valence-corrected chi connectivity index (χ3v) is 2.73. The van der Waals surface area contributed by atoms with E-state index in [9.17, 15) is 4.79 Å². The van der Waals surface area contributed by atoms with Gasteiger partial charge in [-0.1, -0.05) is 0 Å². The topological polar surface area (TPSA) is 55.1 Å². The molecule has 0 saturated carbocycles. The fourth-order valence-corrected chi connectivity index (χ4v) is 2.07. The maximum Gasteiger partial charge on any atom is 0.354 e. The number of nitrogens with zero attached hydrogens (tertiary/aromatic N) is 2. The number of hydrogen-bond donors (Lipinski definition) is 1. The van der Waals surface area contributed by atoms with Crippen LogP contribution < -0.4 is 0 Å². The van der Waals surface area contributed by atoms with Crippen LogP contribution in [0.15, 0.2) is 0 Å². The Hall–Kier alpha value is -1.32. The van der Waals surface area contributed by atoms with Crippen LogP contribution in [-0.2, 0) is 19.4 Å². The summed E-state index contributed by atoms with van der Waals surface area (Å²) in [6, 6.07) is 0. The van der Waals surface area contributed by atoms with Gasteiger partial charge in [0.2, 0.25) is 0 Å². The van der Waals surface area contributed by atoms with Gasteiger partial charge >= 0.3 is 5.97 Å². The molecular weight excluding hydrogens is 180 g/mol. The van der Waals surface area contributed by atoms with E-state index in [0.717, 1.165) is 36.9 Å². The second kappa shape index (κ2) is 3.44. The van der Waals surface area contributed by atoms with Crippen molar-refractivity contribution in [2.45, 2.75) is 39.2 Å². The SMILES string of the molecule is CCn1nc2c(c1C(=O)O)CCCC2. The molecule has 4 heteroatoms. The van der Waals surface area contributed by atoms with Crippen LogP contribution >= 0.6 is 0 Å². The number of carbonyl (C=O) groups is 1. The van der Waals surface area contributed by atoms with Crippen molar-refractivity contribution in [3.05, 3.63) is 17.0 Å². The first-order chi connectivity index (χ1) is 6.74.